The van der Waals surface area contributed by atoms with Gasteiger partial charge in [-0.1, -0.05) is 0 Å². The molecule has 1 unspecified atom stereocenters. The number of hydrogen-bond donors (Lipinski definition) is 1. The van der Waals surface area contributed by atoms with Gasteiger partial charge in [-0.05, 0) is 12.1 Å². The van der Waals surface area contributed by atoms with Crippen LogP contribution in [0.1, 0.15) is 16.8 Å². The van der Waals surface area contributed by atoms with Gasteiger partial charge in [0.2, 0.25) is 0 Å². The van der Waals surface area contributed by atoms with E-state index in [0.29, 0.717) is 43.9 Å². The van der Waals surface area contributed by atoms with E-state index in [1.807, 2.05) is 28.6 Å². The van der Waals surface area contributed by atoms with E-state index in [-0.39, 0.29) is 17.2 Å². The first-order valence-electron chi connectivity index (χ1n) is 14.0. The van der Waals surface area contributed by atoms with Crippen LogP contribution in [-0.4, -0.2) is 84.1 Å². The van der Waals surface area contributed by atoms with E-state index in [0.717, 1.165) is 64.8 Å². The minimum absolute atomic E-state index is 0.0361. The molecule has 8 heterocycles. The zero-order chi connectivity index (χ0) is 30.4. The van der Waals surface area contributed by atoms with E-state index in [9.17, 15) is 17.4 Å². The maximum absolute atomic E-state index is 13.7. The SMILES string of the molecule is Nc1cc(C(F)(F)F)c(-c2nc(N3CCOCC3)c3c(n2)N2CCSC[C@H]2C3)cn1.O=S1C=Cn2c(cc3cncnc32)C1. The molecule has 2 saturated heterocycles. The van der Waals surface area contributed by atoms with Crippen LogP contribution in [0.25, 0.3) is 28.6 Å². The summed E-state index contributed by atoms with van der Waals surface area (Å²) in [5.74, 6) is 3.82. The van der Waals surface area contributed by atoms with Crippen molar-refractivity contribution in [3.63, 3.8) is 0 Å². The molecule has 0 saturated carbocycles. The van der Waals surface area contributed by atoms with Gasteiger partial charge in [0.25, 0.3) is 0 Å². The van der Waals surface area contributed by atoms with Crippen molar-refractivity contribution in [2.45, 2.75) is 24.4 Å². The van der Waals surface area contributed by atoms with Gasteiger partial charge in [-0.3, -0.25) is 4.21 Å². The van der Waals surface area contributed by atoms with Crippen molar-refractivity contribution in [2.75, 3.05) is 59.9 Å². The molecule has 0 aliphatic carbocycles. The summed E-state index contributed by atoms with van der Waals surface area (Å²) < 4.78 is 59.9. The predicted octanol–water partition coefficient (Wildman–Crippen LogP) is 3.58. The Balaban J connectivity index is 0.000000185. The van der Waals surface area contributed by atoms with Crippen LogP contribution >= 0.6 is 11.8 Å². The summed E-state index contributed by atoms with van der Waals surface area (Å²) in [5.41, 5.74) is 7.45. The number of nitrogen functional groups attached to an aromatic ring is 1. The van der Waals surface area contributed by atoms with E-state index >= 15 is 0 Å². The zero-order valence-corrected chi connectivity index (χ0v) is 25.0. The second-order valence-electron chi connectivity index (χ2n) is 10.7. The summed E-state index contributed by atoms with van der Waals surface area (Å²) >= 11 is 1.90. The number of halogens is 3. The number of thioether (sulfide) groups is 1. The smallest absolute Gasteiger partial charge is 0.384 e. The topological polar surface area (TPSA) is 128 Å². The molecule has 4 aliphatic heterocycles. The second-order valence-corrected chi connectivity index (χ2v) is 13.1. The van der Waals surface area contributed by atoms with Crippen LogP contribution in [0.5, 0.6) is 0 Å². The maximum Gasteiger partial charge on any atom is 0.417 e. The van der Waals surface area contributed by atoms with Gasteiger partial charge >= 0.3 is 6.18 Å². The second kappa shape index (κ2) is 11.6. The highest BCUT2D eigenvalue weighted by molar-refractivity contribution is 7.99. The van der Waals surface area contributed by atoms with Crippen molar-refractivity contribution < 1.29 is 22.1 Å². The monoisotopic (exact) mass is 643 g/mol. The number of fused-ring (bicyclic) bond motifs is 6. The Hall–Kier alpha value is -3.76. The number of hydrogen-bond acceptors (Lipinski definition) is 11. The minimum Gasteiger partial charge on any atom is -0.384 e. The first kappa shape index (κ1) is 29.0. The molecule has 16 heteroatoms. The van der Waals surface area contributed by atoms with Crippen LogP contribution in [0.4, 0.5) is 30.6 Å². The summed E-state index contributed by atoms with van der Waals surface area (Å²) in [7, 11) is -0.878. The lowest BCUT2D eigenvalue weighted by atomic mass is 10.1. The van der Waals surface area contributed by atoms with E-state index in [1.165, 1.54) is 6.33 Å². The van der Waals surface area contributed by atoms with E-state index in [1.54, 1.807) is 11.6 Å². The van der Waals surface area contributed by atoms with Crippen LogP contribution < -0.4 is 15.5 Å². The summed E-state index contributed by atoms with van der Waals surface area (Å²) in [6.45, 7) is 3.25. The lowest BCUT2D eigenvalue weighted by Gasteiger charge is -2.31. The average molecular weight is 644 g/mol. The quantitative estimate of drug-likeness (QED) is 0.344. The molecule has 0 amide bonds. The Kier molecular flexibility index (Phi) is 7.66. The average Bonchev–Trinajstić information content (AvgIpc) is 3.59. The summed E-state index contributed by atoms with van der Waals surface area (Å²) in [4.78, 5) is 25.6. The molecule has 0 aromatic carbocycles. The fourth-order valence-electron chi connectivity index (χ4n) is 5.88. The predicted molar refractivity (Wildman–Crippen MR) is 165 cm³/mol. The van der Waals surface area contributed by atoms with Crippen LogP contribution in [0, 0.1) is 0 Å². The minimum atomic E-state index is -4.59. The zero-order valence-electron chi connectivity index (χ0n) is 23.4. The van der Waals surface area contributed by atoms with Crippen molar-refractivity contribution in [3.8, 4) is 11.4 Å². The summed E-state index contributed by atoms with van der Waals surface area (Å²) in [5, 5.41) is 2.68. The third kappa shape index (κ3) is 5.49. The van der Waals surface area contributed by atoms with Gasteiger partial charge in [-0.2, -0.15) is 24.9 Å². The van der Waals surface area contributed by atoms with Crippen LogP contribution in [-0.2, 0) is 33.9 Å². The van der Waals surface area contributed by atoms with Crippen LogP contribution in [0.2, 0.25) is 0 Å². The molecule has 2 fully saturated rings. The van der Waals surface area contributed by atoms with Gasteiger partial charge in [0.15, 0.2) is 5.82 Å². The number of rotatable bonds is 2. The Labute approximate surface area is 257 Å². The Morgan fingerprint density at radius 3 is 2.70 bits per heavy atom. The molecule has 4 aliphatic rings. The maximum atomic E-state index is 13.7. The van der Waals surface area contributed by atoms with E-state index < -0.39 is 22.5 Å². The fourth-order valence-corrected chi connectivity index (χ4v) is 7.81. The summed E-state index contributed by atoms with van der Waals surface area (Å²) in [6, 6.07) is 3.13. The van der Waals surface area contributed by atoms with Crippen molar-refractivity contribution in [1.82, 2.24) is 29.5 Å². The lowest BCUT2D eigenvalue weighted by molar-refractivity contribution is -0.137. The highest BCUT2D eigenvalue weighted by Gasteiger charge is 2.39. The molecule has 4 aromatic heterocycles. The Morgan fingerprint density at radius 1 is 1.07 bits per heavy atom. The van der Waals surface area contributed by atoms with Gasteiger partial charge in [0.1, 0.15) is 29.4 Å². The molecule has 230 valence electrons. The Bertz CT molecular complexity index is 1780. The third-order valence-electron chi connectivity index (χ3n) is 7.91. The molecular weight excluding hydrogens is 615 g/mol. The van der Waals surface area contributed by atoms with E-state index in [4.69, 9.17) is 10.5 Å². The molecule has 0 radical (unpaired) electrons. The molecular formula is C28H28F3N9O2S2. The highest BCUT2D eigenvalue weighted by Crippen LogP contribution is 2.43. The molecule has 4 aromatic rings. The lowest BCUT2D eigenvalue weighted by Crippen LogP contribution is -2.39. The van der Waals surface area contributed by atoms with Gasteiger partial charge < -0.3 is 24.8 Å². The standard InChI is InChI=1S/C19H21F3N6OS.C9H7N3OS/c20-19(21,22)14-8-15(23)24-9-13(14)16-25-17(27-1-4-29-5-2-27)12-7-11-10-30-6-3-28(11)18(12)26-16;13-14-2-1-12-8(5-14)3-7-4-10-6-11-9(7)12/h8-9,11H,1-7,10H2,(H2,23,24);1-4,6H,5H2/t11-;/m1./s1. The normalized spacial score (nSPS) is 21.0. The molecule has 8 rings (SSSR count). The third-order valence-corrected chi connectivity index (χ3v) is 10.0. The van der Waals surface area contributed by atoms with Crippen molar-refractivity contribution in [2.24, 2.45) is 0 Å². The highest BCUT2D eigenvalue weighted by atomic mass is 32.2. The number of nitrogens with two attached hydrogens (primary N) is 1. The van der Waals surface area contributed by atoms with Crippen molar-refractivity contribution in [1.29, 1.82) is 0 Å². The van der Waals surface area contributed by atoms with Crippen molar-refractivity contribution >= 4 is 57.2 Å². The van der Waals surface area contributed by atoms with Gasteiger partial charge in [-0.15, -0.1) is 0 Å². The van der Waals surface area contributed by atoms with Crippen molar-refractivity contribution in [3.05, 3.63) is 53.1 Å². The van der Waals surface area contributed by atoms with Crippen LogP contribution in [0.15, 0.2) is 36.3 Å². The fraction of sp³-hybridized carbons (Fsp3) is 0.393. The number of aromatic nitrogens is 6. The molecule has 2 N–H and O–H groups in total. The number of pyridine rings is 1. The van der Waals surface area contributed by atoms with Gasteiger partial charge in [-0.25, -0.2) is 24.9 Å². The molecule has 0 bridgehead atoms. The number of alkyl halides is 3. The van der Waals surface area contributed by atoms with E-state index in [2.05, 4.69) is 34.7 Å². The Morgan fingerprint density at radius 2 is 1.89 bits per heavy atom. The number of nitrogens with zero attached hydrogens (tertiary/aromatic N) is 8. The number of ether oxygens (including phenoxy) is 1. The molecule has 0 spiro atoms. The number of morpholine rings is 1. The van der Waals surface area contributed by atoms with Gasteiger partial charge in [0, 0.05) is 84.2 Å². The molecule has 2 atom stereocenters. The summed E-state index contributed by atoms with van der Waals surface area (Å²) in [6.07, 6.45) is 2.45. The van der Waals surface area contributed by atoms with Gasteiger partial charge in [0.05, 0.1) is 40.9 Å². The largest absolute Gasteiger partial charge is 0.417 e. The van der Waals surface area contributed by atoms with Crippen LogP contribution in [0.3, 0.4) is 0 Å². The first-order valence-corrected chi connectivity index (χ1v) is 16.6. The molecule has 44 heavy (non-hydrogen) atoms. The first-order chi connectivity index (χ1) is 21.3. The number of anilines is 3. The molecule has 11 nitrogen and oxygen atoms in total.